The molecule has 0 amide bonds. The van der Waals surface area contributed by atoms with Crippen LogP contribution in [0.2, 0.25) is 0 Å². The highest BCUT2D eigenvalue weighted by atomic mass is 32.2. The number of hydrogen-bond acceptors (Lipinski definition) is 6. The van der Waals surface area contributed by atoms with Crippen LogP contribution in [0.1, 0.15) is 104 Å². The minimum Gasteiger partial charge on any atom is -0.139 e. The summed E-state index contributed by atoms with van der Waals surface area (Å²) in [6, 6.07) is 27.1. The summed E-state index contributed by atoms with van der Waals surface area (Å²) in [5.74, 6) is 0. The molecule has 240 valence electrons. The Hall–Kier alpha value is -1.54. The quantitative estimate of drug-likeness (QED) is 0.119. The highest BCUT2D eigenvalue weighted by Crippen LogP contribution is 2.65. The molecule has 0 unspecified atom stereocenters. The van der Waals surface area contributed by atoms with E-state index in [9.17, 15) is 0 Å². The van der Waals surface area contributed by atoms with E-state index < -0.39 is 0 Å². The van der Waals surface area contributed by atoms with Crippen molar-refractivity contribution in [3.8, 4) is 9.75 Å². The van der Waals surface area contributed by atoms with E-state index in [4.69, 9.17) is 0 Å². The van der Waals surface area contributed by atoms with Gasteiger partial charge in [-0.3, -0.25) is 0 Å². The van der Waals surface area contributed by atoms with Gasteiger partial charge in [-0.25, -0.2) is 0 Å². The zero-order valence-electron chi connectivity index (χ0n) is 27.4. The monoisotopic (exact) mass is 716 g/mol. The minimum absolute atomic E-state index is 1.17. The molecule has 0 saturated carbocycles. The Morgan fingerprint density at radius 3 is 1.65 bits per heavy atom. The molecule has 0 N–H and O–H groups in total. The van der Waals surface area contributed by atoms with Gasteiger partial charge in [-0.05, 0) is 73.9 Å². The Morgan fingerprint density at radius 2 is 1.02 bits per heavy atom. The lowest BCUT2D eigenvalue weighted by Crippen LogP contribution is -1.89. The molecular formula is C40H44S6. The molecule has 0 aliphatic carbocycles. The number of thiophene rings is 2. The second-order valence-electron chi connectivity index (χ2n) is 12.1. The van der Waals surface area contributed by atoms with Crippen LogP contribution < -0.4 is 0 Å². The number of allylic oxidation sites excluding steroid dienone is 1. The molecule has 46 heavy (non-hydrogen) atoms. The molecule has 2 aliphatic heterocycles. The molecule has 0 bridgehead atoms. The minimum atomic E-state index is 1.17. The van der Waals surface area contributed by atoms with Crippen LogP contribution in [0.15, 0.2) is 86.2 Å². The lowest BCUT2D eigenvalue weighted by Gasteiger charge is -2.06. The largest absolute Gasteiger partial charge is 0.139 e. The van der Waals surface area contributed by atoms with Gasteiger partial charge in [0.15, 0.2) is 0 Å². The molecule has 0 spiro atoms. The van der Waals surface area contributed by atoms with Crippen molar-refractivity contribution >= 4 is 84.4 Å². The van der Waals surface area contributed by atoms with Gasteiger partial charge >= 0.3 is 0 Å². The lowest BCUT2D eigenvalue weighted by molar-refractivity contribution is 0.666. The maximum absolute atomic E-state index is 2.58. The van der Waals surface area contributed by atoms with Crippen molar-refractivity contribution < 1.29 is 0 Å². The van der Waals surface area contributed by atoms with Crippen molar-refractivity contribution in [2.45, 2.75) is 91.9 Å². The van der Waals surface area contributed by atoms with E-state index in [0.29, 0.717) is 0 Å². The third-order valence-electron chi connectivity index (χ3n) is 8.37. The van der Waals surface area contributed by atoms with Crippen LogP contribution in [-0.2, 0) is 12.8 Å². The highest BCUT2D eigenvalue weighted by Gasteiger charge is 2.32. The molecular weight excluding hydrogens is 673 g/mol. The summed E-state index contributed by atoms with van der Waals surface area (Å²) in [4.78, 5) is 11.6. The first-order valence-electron chi connectivity index (χ1n) is 16.8. The molecule has 0 fully saturated rings. The van der Waals surface area contributed by atoms with Crippen LogP contribution in [-0.4, -0.2) is 0 Å². The van der Waals surface area contributed by atoms with Crippen molar-refractivity contribution in [3.63, 3.8) is 0 Å². The lowest BCUT2D eigenvalue weighted by atomic mass is 10.0. The van der Waals surface area contributed by atoms with Gasteiger partial charge < -0.3 is 0 Å². The number of unbranched alkanes of at least 4 members (excludes halogenated alkanes) is 6. The summed E-state index contributed by atoms with van der Waals surface area (Å²) in [6.45, 7) is 9.20. The Labute approximate surface area is 302 Å². The highest BCUT2D eigenvalue weighted by molar-refractivity contribution is 8.38. The maximum Gasteiger partial charge on any atom is 0.0707 e. The average molecular weight is 717 g/mol. The fraction of sp³-hybridized carbons (Fsp3) is 0.350. The molecule has 2 aromatic carbocycles. The molecule has 0 radical (unpaired) electrons. The standard InChI is InChI=1S/C40H44S6/c1-5-7-9-13-23-31-25-27(3)41-36(31)37-32(24-14-10-8-6-2)26-33(43-37)38-35(30-21-17-12-18-22-30)45-40(46-38)39-42-28(4)34(44-39)29-19-15-11-16-20-29/h11-12,15-22,25-26H,5-10,13-14,23-24H2,1-4H3/b40-39-. The summed E-state index contributed by atoms with van der Waals surface area (Å²) in [7, 11) is 0. The van der Waals surface area contributed by atoms with Gasteiger partial charge in [0.1, 0.15) is 0 Å². The van der Waals surface area contributed by atoms with Crippen LogP contribution in [0.4, 0.5) is 0 Å². The number of rotatable bonds is 14. The van der Waals surface area contributed by atoms with Crippen LogP contribution in [0, 0.1) is 6.92 Å². The normalized spacial score (nSPS) is 16.8. The Balaban J connectivity index is 1.37. The van der Waals surface area contributed by atoms with E-state index in [1.807, 2.05) is 58.4 Å². The number of benzene rings is 2. The summed E-state index contributed by atoms with van der Waals surface area (Å²) in [5, 5.41) is 0. The molecule has 6 heteroatoms. The molecule has 0 nitrogen and oxygen atoms in total. The van der Waals surface area contributed by atoms with E-state index in [1.165, 1.54) is 118 Å². The number of thioether (sulfide) groups is 4. The van der Waals surface area contributed by atoms with E-state index in [0.717, 1.165) is 0 Å². The summed E-state index contributed by atoms with van der Waals surface area (Å²) >= 11 is 12.0. The number of hydrogen-bond donors (Lipinski definition) is 0. The van der Waals surface area contributed by atoms with Gasteiger partial charge in [-0.15, -0.1) is 22.7 Å². The topological polar surface area (TPSA) is 0 Å². The number of aryl methyl sites for hydroxylation is 3. The molecule has 2 aromatic heterocycles. The Bertz CT molecular complexity index is 1720. The summed E-state index contributed by atoms with van der Waals surface area (Å²) < 4.78 is 2.85. The zero-order chi connectivity index (χ0) is 31.9. The van der Waals surface area contributed by atoms with Crippen LogP contribution in [0.5, 0.6) is 0 Å². The van der Waals surface area contributed by atoms with E-state index >= 15 is 0 Å². The van der Waals surface area contributed by atoms with Crippen molar-refractivity contribution in [2.75, 3.05) is 0 Å². The average Bonchev–Trinajstić information content (AvgIpc) is 3.87. The third kappa shape index (κ3) is 8.18. The van der Waals surface area contributed by atoms with Crippen molar-refractivity contribution in [3.05, 3.63) is 118 Å². The second-order valence-corrected chi connectivity index (χ2v) is 19.2. The Morgan fingerprint density at radius 1 is 0.500 bits per heavy atom. The molecule has 4 aromatic rings. The summed E-state index contributed by atoms with van der Waals surface area (Å²) in [6.07, 6.45) is 12.8. The summed E-state index contributed by atoms with van der Waals surface area (Å²) in [5.41, 5.74) is 5.79. The Kier molecular flexibility index (Phi) is 12.5. The van der Waals surface area contributed by atoms with Gasteiger partial charge in [0.25, 0.3) is 0 Å². The second kappa shape index (κ2) is 16.7. The molecule has 0 saturated heterocycles. The fourth-order valence-electron chi connectivity index (χ4n) is 5.98. The predicted molar refractivity (Wildman–Crippen MR) is 218 cm³/mol. The van der Waals surface area contributed by atoms with Crippen molar-refractivity contribution in [2.24, 2.45) is 0 Å². The van der Waals surface area contributed by atoms with Crippen molar-refractivity contribution in [1.82, 2.24) is 0 Å². The smallest absolute Gasteiger partial charge is 0.0707 e. The van der Waals surface area contributed by atoms with Gasteiger partial charge in [0, 0.05) is 39.1 Å². The van der Waals surface area contributed by atoms with Crippen molar-refractivity contribution in [1.29, 1.82) is 0 Å². The fourth-order valence-corrected chi connectivity index (χ4v) is 14.3. The van der Waals surface area contributed by atoms with Crippen LogP contribution in [0.25, 0.3) is 24.5 Å². The van der Waals surface area contributed by atoms with Gasteiger partial charge in [0.2, 0.25) is 0 Å². The molecule has 2 aliphatic rings. The molecule has 6 rings (SSSR count). The van der Waals surface area contributed by atoms with Crippen LogP contribution in [0.3, 0.4) is 0 Å². The SMILES string of the molecule is CCCCCCc1cc(C)sc1-c1sc(C2=C(c3ccccc3)S/C(=C3\SC(C)=C(c4ccccc4)S3)S2)cc1CCCCCC. The first-order chi connectivity index (χ1) is 22.6. The van der Waals surface area contributed by atoms with E-state index in [2.05, 4.69) is 112 Å². The maximum atomic E-state index is 2.58. The van der Waals surface area contributed by atoms with E-state index in [1.54, 1.807) is 16.0 Å². The van der Waals surface area contributed by atoms with Gasteiger partial charge in [-0.2, -0.15) is 0 Å². The van der Waals surface area contributed by atoms with Gasteiger partial charge in [-0.1, -0.05) is 160 Å². The zero-order valence-corrected chi connectivity index (χ0v) is 32.3. The van der Waals surface area contributed by atoms with E-state index in [-0.39, 0.29) is 0 Å². The predicted octanol–water partition coefficient (Wildman–Crippen LogP) is 15.3. The third-order valence-corrected chi connectivity index (χ3v) is 16.8. The van der Waals surface area contributed by atoms with Gasteiger partial charge in [0.05, 0.1) is 8.47 Å². The molecule has 0 atom stereocenters. The first-order valence-corrected chi connectivity index (χ1v) is 21.7. The first kappa shape index (κ1) is 34.3. The van der Waals surface area contributed by atoms with Crippen LogP contribution >= 0.6 is 69.7 Å². The molecule has 4 heterocycles.